The minimum Gasteiger partial charge on any atom is -0.496 e. The number of aromatic nitrogens is 2. The fraction of sp³-hybridized carbons (Fsp3) is 0.500. The molecule has 1 aliphatic rings. The molecule has 5 nitrogen and oxygen atoms in total. The van der Waals surface area contributed by atoms with E-state index in [1.54, 1.807) is 18.4 Å². The number of thiophene rings is 1. The van der Waals surface area contributed by atoms with Crippen molar-refractivity contribution in [2.24, 2.45) is 0 Å². The maximum absolute atomic E-state index is 14.0. The van der Waals surface area contributed by atoms with Crippen molar-refractivity contribution < 1.29 is 4.74 Å². The van der Waals surface area contributed by atoms with E-state index in [1.807, 2.05) is 16.7 Å². The van der Waals surface area contributed by atoms with E-state index in [0.717, 1.165) is 82.1 Å². The summed E-state index contributed by atoms with van der Waals surface area (Å²) in [6.45, 7) is 8.34. The first-order valence-electron chi connectivity index (χ1n) is 10.8. The highest BCUT2D eigenvalue weighted by Crippen LogP contribution is 2.41. The number of hydrogen-bond acceptors (Lipinski definition) is 5. The third-order valence-corrected chi connectivity index (χ3v) is 7.16. The van der Waals surface area contributed by atoms with Gasteiger partial charge in [-0.15, -0.1) is 11.3 Å². The van der Waals surface area contributed by atoms with Crippen molar-refractivity contribution in [2.75, 3.05) is 27.2 Å². The zero-order valence-electron chi connectivity index (χ0n) is 18.6. The van der Waals surface area contributed by atoms with Gasteiger partial charge in [-0.3, -0.25) is 9.36 Å². The summed E-state index contributed by atoms with van der Waals surface area (Å²) in [4.78, 5) is 23.3. The minimum absolute atomic E-state index is 0.112. The summed E-state index contributed by atoms with van der Waals surface area (Å²) >= 11 is 1.62. The molecule has 0 bridgehead atoms. The monoisotopic (exact) mass is 425 g/mol. The zero-order valence-corrected chi connectivity index (χ0v) is 19.4. The second kappa shape index (κ2) is 8.52. The molecule has 0 N–H and O–H groups in total. The van der Waals surface area contributed by atoms with Crippen LogP contribution in [0.4, 0.5) is 0 Å². The lowest BCUT2D eigenvalue weighted by atomic mass is 10.00. The predicted molar refractivity (Wildman–Crippen MR) is 125 cm³/mol. The molecule has 1 fully saturated rings. The Labute approximate surface area is 182 Å². The Morgan fingerprint density at radius 2 is 1.97 bits per heavy atom. The maximum atomic E-state index is 14.0. The summed E-state index contributed by atoms with van der Waals surface area (Å²) in [6.07, 6.45) is 3.80. The molecule has 0 saturated carbocycles. The number of likely N-dealkylation sites (tertiary alicyclic amines) is 1. The molecular formula is C24H31N3O2S. The Morgan fingerprint density at radius 1 is 1.23 bits per heavy atom. The van der Waals surface area contributed by atoms with Gasteiger partial charge in [0.05, 0.1) is 12.5 Å². The average Bonchev–Trinajstić information content (AvgIpc) is 3.05. The minimum atomic E-state index is 0.112. The molecule has 1 aliphatic heterocycles. The lowest BCUT2D eigenvalue weighted by molar-refractivity contribution is 0.215. The van der Waals surface area contributed by atoms with E-state index in [4.69, 9.17) is 9.72 Å². The third kappa shape index (κ3) is 3.67. The standard InChI is InChI=1S/C24H31N3O2S/c1-6-7-20-25-23-22(24(28)27(20)17-10-12-26(4)13-11-17)21(16(3)30-23)18-14-15(2)8-9-19(18)29-5/h8-9,14,17H,6-7,10-13H2,1-5H3. The van der Waals surface area contributed by atoms with E-state index in [1.165, 1.54) is 0 Å². The van der Waals surface area contributed by atoms with E-state index < -0.39 is 0 Å². The molecule has 0 atom stereocenters. The summed E-state index contributed by atoms with van der Waals surface area (Å²) in [5.74, 6) is 1.74. The molecule has 0 unspecified atom stereocenters. The van der Waals surface area contributed by atoms with Crippen molar-refractivity contribution in [1.29, 1.82) is 0 Å². The zero-order chi connectivity index (χ0) is 21.4. The molecule has 0 aliphatic carbocycles. The maximum Gasteiger partial charge on any atom is 0.263 e. The van der Waals surface area contributed by atoms with Crippen molar-refractivity contribution in [3.05, 3.63) is 44.8 Å². The predicted octanol–water partition coefficient (Wildman–Crippen LogP) is 4.97. The van der Waals surface area contributed by atoms with Gasteiger partial charge in [0.1, 0.15) is 16.4 Å². The Morgan fingerprint density at radius 3 is 2.63 bits per heavy atom. The Kier molecular flexibility index (Phi) is 5.98. The molecule has 1 aromatic carbocycles. The first-order valence-corrected chi connectivity index (χ1v) is 11.6. The topological polar surface area (TPSA) is 47.4 Å². The highest BCUT2D eigenvalue weighted by Gasteiger charge is 2.26. The Balaban J connectivity index is 1.99. The van der Waals surface area contributed by atoms with Crippen LogP contribution in [-0.2, 0) is 6.42 Å². The summed E-state index contributed by atoms with van der Waals surface area (Å²) in [7, 11) is 3.84. The fourth-order valence-corrected chi connectivity index (χ4v) is 5.63. The van der Waals surface area contributed by atoms with E-state index in [0.29, 0.717) is 0 Å². The van der Waals surface area contributed by atoms with Crippen LogP contribution >= 0.6 is 11.3 Å². The molecule has 30 heavy (non-hydrogen) atoms. The quantitative estimate of drug-likeness (QED) is 0.579. The molecule has 2 aromatic heterocycles. The van der Waals surface area contributed by atoms with E-state index in [-0.39, 0.29) is 11.6 Å². The highest BCUT2D eigenvalue weighted by molar-refractivity contribution is 7.19. The largest absolute Gasteiger partial charge is 0.496 e. The first kappa shape index (κ1) is 21.1. The number of nitrogens with zero attached hydrogens (tertiary/aromatic N) is 3. The number of benzene rings is 1. The SMILES string of the molecule is CCCc1nc2sc(C)c(-c3cc(C)ccc3OC)c2c(=O)n1C1CCN(C)CC1. The van der Waals surface area contributed by atoms with Crippen LogP contribution in [0.15, 0.2) is 23.0 Å². The van der Waals surface area contributed by atoms with E-state index in [2.05, 4.69) is 38.8 Å². The van der Waals surface area contributed by atoms with Crippen molar-refractivity contribution in [2.45, 2.75) is 52.5 Å². The average molecular weight is 426 g/mol. The van der Waals surface area contributed by atoms with Gasteiger partial charge >= 0.3 is 0 Å². The van der Waals surface area contributed by atoms with Crippen LogP contribution in [0.2, 0.25) is 0 Å². The van der Waals surface area contributed by atoms with Crippen LogP contribution < -0.4 is 10.3 Å². The smallest absolute Gasteiger partial charge is 0.263 e. The van der Waals surface area contributed by atoms with Crippen molar-refractivity contribution >= 4 is 21.6 Å². The van der Waals surface area contributed by atoms with Crippen molar-refractivity contribution in [1.82, 2.24) is 14.5 Å². The number of aryl methyl sites for hydroxylation is 3. The van der Waals surface area contributed by atoms with Gasteiger partial charge in [0.2, 0.25) is 0 Å². The van der Waals surface area contributed by atoms with Gasteiger partial charge in [0.15, 0.2) is 0 Å². The molecule has 6 heteroatoms. The third-order valence-electron chi connectivity index (χ3n) is 6.16. The van der Waals surface area contributed by atoms with E-state index >= 15 is 0 Å². The van der Waals surface area contributed by atoms with Gasteiger partial charge < -0.3 is 9.64 Å². The molecule has 0 radical (unpaired) electrons. The number of ether oxygens (including phenoxy) is 1. The van der Waals surface area contributed by atoms with Gasteiger partial charge in [0.25, 0.3) is 5.56 Å². The van der Waals surface area contributed by atoms with Gasteiger partial charge in [-0.2, -0.15) is 0 Å². The van der Waals surface area contributed by atoms with Gasteiger partial charge in [-0.05, 0) is 65.4 Å². The number of piperidine rings is 1. The van der Waals surface area contributed by atoms with Gasteiger partial charge in [-0.25, -0.2) is 4.98 Å². The number of methoxy groups -OCH3 is 1. The fourth-order valence-electron chi connectivity index (χ4n) is 4.59. The molecule has 1 saturated heterocycles. The number of hydrogen-bond donors (Lipinski definition) is 0. The lowest BCUT2D eigenvalue weighted by Crippen LogP contribution is -2.37. The van der Waals surface area contributed by atoms with Gasteiger partial charge in [0, 0.05) is 28.5 Å². The van der Waals surface area contributed by atoms with Crippen molar-refractivity contribution in [3.8, 4) is 16.9 Å². The summed E-state index contributed by atoms with van der Waals surface area (Å²) < 4.78 is 7.68. The normalized spacial score (nSPS) is 15.8. The van der Waals surface area contributed by atoms with Crippen molar-refractivity contribution in [3.63, 3.8) is 0 Å². The van der Waals surface area contributed by atoms with Crippen LogP contribution in [0, 0.1) is 13.8 Å². The van der Waals surface area contributed by atoms with Gasteiger partial charge in [-0.1, -0.05) is 18.6 Å². The molecular weight excluding hydrogens is 394 g/mol. The second-order valence-corrected chi connectivity index (χ2v) is 9.61. The Hall–Kier alpha value is -2.18. The lowest BCUT2D eigenvalue weighted by Gasteiger charge is -2.31. The molecule has 160 valence electrons. The van der Waals surface area contributed by atoms with E-state index in [9.17, 15) is 4.79 Å². The second-order valence-electron chi connectivity index (χ2n) is 8.40. The number of fused-ring (bicyclic) bond motifs is 1. The number of rotatable bonds is 5. The van der Waals surface area contributed by atoms with Crippen LogP contribution in [0.5, 0.6) is 5.75 Å². The molecule has 0 spiro atoms. The van der Waals surface area contributed by atoms with Crippen LogP contribution in [0.3, 0.4) is 0 Å². The highest BCUT2D eigenvalue weighted by atomic mass is 32.1. The van der Waals surface area contributed by atoms with Crippen LogP contribution in [0.1, 0.15) is 48.5 Å². The molecule has 3 heterocycles. The van der Waals surface area contributed by atoms with Crippen LogP contribution in [-0.4, -0.2) is 41.7 Å². The molecule has 4 rings (SSSR count). The van der Waals surface area contributed by atoms with Crippen LogP contribution in [0.25, 0.3) is 21.3 Å². The molecule has 3 aromatic rings. The first-order chi connectivity index (χ1) is 14.4. The summed E-state index contributed by atoms with van der Waals surface area (Å²) in [5, 5.41) is 0.750. The molecule has 0 amide bonds. The summed E-state index contributed by atoms with van der Waals surface area (Å²) in [5.41, 5.74) is 3.23. The Bertz CT molecular complexity index is 1120. The summed E-state index contributed by atoms with van der Waals surface area (Å²) in [6, 6.07) is 6.37.